The van der Waals surface area contributed by atoms with E-state index in [1.807, 2.05) is 4.90 Å². The van der Waals surface area contributed by atoms with Crippen molar-refractivity contribution in [1.82, 2.24) is 19.8 Å². The van der Waals surface area contributed by atoms with Gasteiger partial charge in [0.05, 0.1) is 11.6 Å². The van der Waals surface area contributed by atoms with E-state index in [1.54, 1.807) is 4.90 Å². The van der Waals surface area contributed by atoms with Crippen LogP contribution in [0.3, 0.4) is 0 Å². The summed E-state index contributed by atoms with van der Waals surface area (Å²) in [6.45, 7) is 1.14. The lowest BCUT2D eigenvalue weighted by Gasteiger charge is -2.41. The summed E-state index contributed by atoms with van der Waals surface area (Å²) in [7, 11) is 0. The van der Waals surface area contributed by atoms with Crippen LogP contribution < -0.4 is 0 Å². The number of hydrogen-bond acceptors (Lipinski definition) is 4. The van der Waals surface area contributed by atoms with E-state index >= 15 is 0 Å². The molecule has 5 rings (SSSR count). The van der Waals surface area contributed by atoms with Crippen molar-refractivity contribution in [3.63, 3.8) is 0 Å². The Morgan fingerprint density at radius 3 is 2.59 bits per heavy atom. The Balaban J connectivity index is 1.30. The third kappa shape index (κ3) is 3.68. The van der Waals surface area contributed by atoms with E-state index in [-0.39, 0.29) is 36.3 Å². The molecule has 1 saturated heterocycles. The molecule has 1 aromatic heterocycles. The van der Waals surface area contributed by atoms with Gasteiger partial charge in [-0.15, -0.1) is 0 Å². The molecule has 29 heavy (non-hydrogen) atoms. The Morgan fingerprint density at radius 1 is 1.14 bits per heavy atom. The highest BCUT2D eigenvalue weighted by Crippen LogP contribution is 2.42. The summed E-state index contributed by atoms with van der Waals surface area (Å²) in [5, 5.41) is 9.69. The standard InChI is InChI=1S/C21H25BrN4O3/c22-16-9-13(12-1-2-12)10-17-19(16)24-20(23-17)21(29)25-7-8-26(18(28)11-25)14-3-5-15(27)6-4-14/h9-10,12,14-15,27H,1-8,11H2,(H,23,24). The first-order valence-electron chi connectivity index (χ1n) is 10.5. The molecule has 0 spiro atoms. The molecule has 3 fully saturated rings. The number of aromatic nitrogens is 2. The van der Waals surface area contributed by atoms with E-state index in [9.17, 15) is 14.7 Å². The number of aromatic amines is 1. The lowest BCUT2D eigenvalue weighted by molar-refractivity contribution is -0.138. The maximum absolute atomic E-state index is 13.0. The molecule has 154 valence electrons. The molecule has 2 saturated carbocycles. The Kier molecular flexibility index (Phi) is 4.86. The van der Waals surface area contributed by atoms with Gasteiger partial charge < -0.3 is 19.9 Å². The lowest BCUT2D eigenvalue weighted by Crippen LogP contribution is -2.56. The van der Waals surface area contributed by atoms with Crippen LogP contribution in [0.25, 0.3) is 11.0 Å². The molecule has 2 heterocycles. The maximum atomic E-state index is 13.0. The molecule has 1 aliphatic heterocycles. The van der Waals surface area contributed by atoms with Gasteiger partial charge in [-0.2, -0.15) is 0 Å². The Bertz CT molecular complexity index is 962. The molecule has 0 bridgehead atoms. The van der Waals surface area contributed by atoms with Gasteiger partial charge in [-0.25, -0.2) is 4.98 Å². The van der Waals surface area contributed by atoms with E-state index in [0.717, 1.165) is 41.2 Å². The third-order valence-corrected chi connectivity index (χ3v) is 7.07. The summed E-state index contributed by atoms with van der Waals surface area (Å²) in [6.07, 6.45) is 5.34. The second kappa shape index (κ2) is 7.40. The molecule has 0 radical (unpaired) electrons. The summed E-state index contributed by atoms with van der Waals surface area (Å²) >= 11 is 3.58. The Morgan fingerprint density at radius 2 is 1.90 bits per heavy atom. The second-order valence-electron chi connectivity index (χ2n) is 8.53. The van der Waals surface area contributed by atoms with Crippen LogP contribution in [0, 0.1) is 0 Å². The van der Waals surface area contributed by atoms with Gasteiger partial charge in [0.25, 0.3) is 5.91 Å². The van der Waals surface area contributed by atoms with Gasteiger partial charge in [0.2, 0.25) is 5.91 Å². The van der Waals surface area contributed by atoms with Gasteiger partial charge in [0, 0.05) is 23.6 Å². The number of carbonyl (C=O) groups is 2. The fourth-order valence-corrected chi connectivity index (χ4v) is 5.18. The number of hydrogen-bond donors (Lipinski definition) is 2. The number of aliphatic hydroxyl groups is 1. The van der Waals surface area contributed by atoms with Crippen LogP contribution in [0.4, 0.5) is 0 Å². The van der Waals surface area contributed by atoms with Crippen molar-refractivity contribution in [1.29, 1.82) is 0 Å². The zero-order valence-corrected chi connectivity index (χ0v) is 17.8. The minimum Gasteiger partial charge on any atom is -0.393 e. The highest BCUT2D eigenvalue weighted by atomic mass is 79.9. The highest BCUT2D eigenvalue weighted by Gasteiger charge is 2.34. The molecular formula is C21H25BrN4O3. The highest BCUT2D eigenvalue weighted by molar-refractivity contribution is 9.10. The van der Waals surface area contributed by atoms with Crippen LogP contribution in [0.1, 0.15) is 60.6 Å². The quantitative estimate of drug-likeness (QED) is 0.736. The van der Waals surface area contributed by atoms with Gasteiger partial charge in [-0.1, -0.05) is 0 Å². The molecule has 2 N–H and O–H groups in total. The largest absolute Gasteiger partial charge is 0.393 e. The first kappa shape index (κ1) is 19.1. The van der Waals surface area contributed by atoms with Crippen molar-refractivity contribution >= 4 is 38.8 Å². The molecule has 0 atom stereocenters. The van der Waals surface area contributed by atoms with Crippen LogP contribution in [0.15, 0.2) is 16.6 Å². The molecule has 2 aromatic rings. The zero-order valence-electron chi connectivity index (χ0n) is 16.2. The van der Waals surface area contributed by atoms with E-state index in [1.165, 1.54) is 18.4 Å². The number of imidazole rings is 1. The number of piperazine rings is 1. The molecule has 7 nitrogen and oxygen atoms in total. The number of H-pyrrole nitrogens is 1. The van der Waals surface area contributed by atoms with Crippen molar-refractivity contribution < 1.29 is 14.7 Å². The van der Waals surface area contributed by atoms with Gasteiger partial charge in [-0.3, -0.25) is 9.59 Å². The molecule has 3 aliphatic rings. The van der Waals surface area contributed by atoms with E-state index in [2.05, 4.69) is 38.0 Å². The van der Waals surface area contributed by atoms with Gasteiger partial charge >= 0.3 is 0 Å². The average molecular weight is 461 g/mol. The zero-order chi connectivity index (χ0) is 20.1. The molecule has 2 aliphatic carbocycles. The summed E-state index contributed by atoms with van der Waals surface area (Å²) in [5.74, 6) is 0.660. The van der Waals surface area contributed by atoms with Crippen molar-refractivity contribution in [2.45, 2.75) is 56.6 Å². The van der Waals surface area contributed by atoms with Crippen LogP contribution in [0.2, 0.25) is 0 Å². The number of nitrogens with one attached hydrogen (secondary N) is 1. The van der Waals surface area contributed by atoms with E-state index in [0.29, 0.717) is 19.0 Å². The third-order valence-electron chi connectivity index (χ3n) is 6.47. The fourth-order valence-electron chi connectivity index (χ4n) is 4.62. The summed E-state index contributed by atoms with van der Waals surface area (Å²) in [4.78, 5) is 36.9. The van der Waals surface area contributed by atoms with Gasteiger partial charge in [0.1, 0.15) is 12.1 Å². The van der Waals surface area contributed by atoms with Gasteiger partial charge in [-0.05, 0) is 78.1 Å². The van der Waals surface area contributed by atoms with Crippen molar-refractivity contribution in [3.8, 4) is 0 Å². The molecule has 1 aromatic carbocycles. The number of halogens is 1. The van der Waals surface area contributed by atoms with Crippen molar-refractivity contribution in [3.05, 3.63) is 28.0 Å². The Hall–Kier alpha value is -1.93. The minimum atomic E-state index is -0.239. The van der Waals surface area contributed by atoms with Crippen LogP contribution in [-0.2, 0) is 4.79 Å². The molecular weight excluding hydrogens is 436 g/mol. The average Bonchev–Trinajstić information content (AvgIpc) is 3.47. The second-order valence-corrected chi connectivity index (χ2v) is 9.39. The van der Waals surface area contributed by atoms with Crippen LogP contribution in [0.5, 0.6) is 0 Å². The fraction of sp³-hybridized carbons (Fsp3) is 0.571. The predicted octanol–water partition coefficient (Wildman–Crippen LogP) is 2.79. The predicted molar refractivity (Wildman–Crippen MR) is 112 cm³/mol. The number of benzene rings is 1. The maximum Gasteiger partial charge on any atom is 0.290 e. The number of rotatable bonds is 3. The number of fused-ring (bicyclic) bond motifs is 1. The smallest absolute Gasteiger partial charge is 0.290 e. The van der Waals surface area contributed by atoms with Crippen LogP contribution >= 0.6 is 15.9 Å². The monoisotopic (exact) mass is 460 g/mol. The number of amides is 2. The first-order valence-corrected chi connectivity index (χ1v) is 11.2. The lowest BCUT2D eigenvalue weighted by atomic mass is 9.91. The molecule has 2 amide bonds. The number of carbonyl (C=O) groups excluding carboxylic acids is 2. The SMILES string of the molecule is O=C(c1nc2c(Br)cc(C3CC3)cc2[nH]1)N1CCN(C2CCC(O)CC2)C(=O)C1. The summed E-state index contributed by atoms with van der Waals surface area (Å²) < 4.78 is 0.896. The number of nitrogens with zero attached hydrogens (tertiary/aromatic N) is 3. The van der Waals surface area contributed by atoms with Gasteiger partial charge in [0.15, 0.2) is 5.82 Å². The van der Waals surface area contributed by atoms with Crippen molar-refractivity contribution in [2.75, 3.05) is 19.6 Å². The first-order chi connectivity index (χ1) is 14.0. The van der Waals surface area contributed by atoms with E-state index in [4.69, 9.17) is 0 Å². The molecule has 0 unspecified atom stereocenters. The van der Waals surface area contributed by atoms with Crippen LogP contribution in [-0.4, -0.2) is 68.5 Å². The number of aliphatic hydroxyl groups excluding tert-OH is 1. The minimum absolute atomic E-state index is 0.0145. The van der Waals surface area contributed by atoms with E-state index < -0.39 is 0 Å². The summed E-state index contributed by atoms with van der Waals surface area (Å²) in [5.41, 5.74) is 2.88. The topological polar surface area (TPSA) is 89.5 Å². The summed E-state index contributed by atoms with van der Waals surface area (Å²) in [6, 6.07) is 4.37. The Labute approximate surface area is 177 Å². The van der Waals surface area contributed by atoms with Crippen molar-refractivity contribution in [2.24, 2.45) is 0 Å². The molecule has 8 heteroatoms. The normalized spacial score (nSPS) is 25.7.